The molecule has 0 saturated heterocycles. The molecule has 0 bridgehead atoms. The zero-order valence-corrected chi connectivity index (χ0v) is 8.84. The van der Waals surface area contributed by atoms with Crippen molar-refractivity contribution in [2.75, 3.05) is 19.6 Å². The van der Waals surface area contributed by atoms with Gasteiger partial charge in [-0.2, -0.15) is 0 Å². The molecule has 1 aliphatic carbocycles. The molecule has 1 nitrogen and oxygen atoms in total. The first kappa shape index (κ1) is 10.0. The van der Waals surface area contributed by atoms with Crippen LogP contribution in [0, 0.1) is 11.8 Å². The van der Waals surface area contributed by atoms with Gasteiger partial charge in [-0.1, -0.05) is 27.2 Å². The van der Waals surface area contributed by atoms with Crippen LogP contribution in [-0.2, 0) is 0 Å². The van der Waals surface area contributed by atoms with Crippen molar-refractivity contribution in [2.24, 2.45) is 11.8 Å². The lowest BCUT2D eigenvalue weighted by Gasteiger charge is -2.22. The van der Waals surface area contributed by atoms with Crippen LogP contribution in [0.3, 0.4) is 0 Å². The van der Waals surface area contributed by atoms with Gasteiger partial charge in [0.2, 0.25) is 0 Å². The van der Waals surface area contributed by atoms with E-state index in [9.17, 15) is 0 Å². The van der Waals surface area contributed by atoms with Gasteiger partial charge in [-0.05, 0) is 37.8 Å². The highest BCUT2D eigenvalue weighted by atomic mass is 15.1. The highest BCUT2D eigenvalue weighted by Gasteiger charge is 2.22. The van der Waals surface area contributed by atoms with E-state index in [1.54, 1.807) is 0 Å². The van der Waals surface area contributed by atoms with Crippen LogP contribution in [-0.4, -0.2) is 24.5 Å². The summed E-state index contributed by atoms with van der Waals surface area (Å²) < 4.78 is 0. The summed E-state index contributed by atoms with van der Waals surface area (Å²) in [4.78, 5) is 2.56. The predicted octanol–water partition coefficient (Wildman–Crippen LogP) is 2.76. The summed E-state index contributed by atoms with van der Waals surface area (Å²) in [6.07, 6.45) is 4.40. The van der Waals surface area contributed by atoms with Crippen molar-refractivity contribution in [3.05, 3.63) is 0 Å². The normalized spacial score (nSPS) is 30.0. The van der Waals surface area contributed by atoms with Gasteiger partial charge in [0, 0.05) is 6.54 Å². The van der Waals surface area contributed by atoms with E-state index in [0.717, 1.165) is 11.8 Å². The molecule has 0 aromatic carbocycles. The van der Waals surface area contributed by atoms with E-state index in [0.29, 0.717) is 0 Å². The summed E-state index contributed by atoms with van der Waals surface area (Å²) in [5.41, 5.74) is 0. The van der Waals surface area contributed by atoms with Crippen molar-refractivity contribution in [3.63, 3.8) is 0 Å². The molecular weight excluding hydrogens is 146 g/mol. The number of nitrogens with zero attached hydrogens (tertiary/aromatic N) is 1. The number of hydrogen-bond acceptors (Lipinski definition) is 1. The molecule has 1 aliphatic rings. The highest BCUT2D eigenvalue weighted by Crippen LogP contribution is 2.30. The molecule has 2 atom stereocenters. The fourth-order valence-electron chi connectivity index (χ4n) is 2.34. The Kier molecular flexibility index (Phi) is 4.07. The molecule has 1 saturated carbocycles. The minimum absolute atomic E-state index is 0.991. The van der Waals surface area contributed by atoms with Crippen LogP contribution in [0.4, 0.5) is 0 Å². The summed E-state index contributed by atoms with van der Waals surface area (Å²) in [6.45, 7) is 10.7. The van der Waals surface area contributed by atoms with Crippen molar-refractivity contribution in [3.8, 4) is 0 Å². The summed E-state index contributed by atoms with van der Waals surface area (Å²) in [5, 5.41) is 0. The second-order valence-corrected chi connectivity index (χ2v) is 4.27. The first-order chi connectivity index (χ1) is 5.76. The Bertz CT molecular complexity index is 118. The first-order valence-corrected chi connectivity index (χ1v) is 5.48. The van der Waals surface area contributed by atoms with Gasteiger partial charge >= 0.3 is 0 Å². The predicted molar refractivity (Wildman–Crippen MR) is 54.3 cm³/mol. The molecule has 0 aromatic heterocycles. The van der Waals surface area contributed by atoms with E-state index in [1.165, 1.54) is 38.9 Å². The van der Waals surface area contributed by atoms with Crippen LogP contribution < -0.4 is 0 Å². The van der Waals surface area contributed by atoms with Crippen LogP contribution in [0.1, 0.15) is 40.0 Å². The zero-order chi connectivity index (χ0) is 8.97. The Labute approximate surface area is 77.1 Å². The summed E-state index contributed by atoms with van der Waals surface area (Å²) >= 11 is 0. The fourth-order valence-corrected chi connectivity index (χ4v) is 2.34. The summed E-state index contributed by atoms with van der Waals surface area (Å²) in [5.74, 6) is 1.99. The molecule has 1 fully saturated rings. The summed E-state index contributed by atoms with van der Waals surface area (Å²) in [7, 11) is 0. The Balaban J connectivity index is 2.21. The van der Waals surface area contributed by atoms with Gasteiger partial charge in [0.05, 0.1) is 0 Å². The molecule has 2 unspecified atom stereocenters. The average Bonchev–Trinajstić information content (AvgIpc) is 2.47. The molecule has 1 heteroatoms. The van der Waals surface area contributed by atoms with Gasteiger partial charge in [-0.25, -0.2) is 0 Å². The van der Waals surface area contributed by atoms with E-state index in [-0.39, 0.29) is 0 Å². The van der Waals surface area contributed by atoms with Gasteiger partial charge in [-0.15, -0.1) is 0 Å². The summed E-state index contributed by atoms with van der Waals surface area (Å²) in [6, 6.07) is 0. The van der Waals surface area contributed by atoms with E-state index in [4.69, 9.17) is 0 Å². The third kappa shape index (κ3) is 2.78. The zero-order valence-electron chi connectivity index (χ0n) is 8.84. The lowest BCUT2D eigenvalue weighted by Crippen LogP contribution is -2.28. The van der Waals surface area contributed by atoms with Gasteiger partial charge in [0.15, 0.2) is 0 Å². The van der Waals surface area contributed by atoms with Crippen LogP contribution >= 0.6 is 0 Å². The molecule has 0 N–H and O–H groups in total. The highest BCUT2D eigenvalue weighted by molar-refractivity contribution is 4.75. The Hall–Kier alpha value is -0.0400. The maximum absolute atomic E-state index is 2.56. The van der Waals surface area contributed by atoms with Crippen molar-refractivity contribution in [1.29, 1.82) is 0 Å². The molecular formula is C11H23N. The second kappa shape index (κ2) is 4.86. The Morgan fingerprint density at radius 2 is 1.83 bits per heavy atom. The van der Waals surface area contributed by atoms with Gasteiger partial charge in [0.1, 0.15) is 0 Å². The quantitative estimate of drug-likeness (QED) is 0.625. The lowest BCUT2D eigenvalue weighted by molar-refractivity contribution is 0.251. The minimum atomic E-state index is 0.991. The van der Waals surface area contributed by atoms with Gasteiger partial charge in [-0.3, -0.25) is 0 Å². The van der Waals surface area contributed by atoms with Crippen molar-refractivity contribution in [1.82, 2.24) is 4.90 Å². The number of rotatable bonds is 4. The molecule has 12 heavy (non-hydrogen) atoms. The molecule has 0 heterocycles. The van der Waals surface area contributed by atoms with Gasteiger partial charge < -0.3 is 4.90 Å². The molecule has 0 amide bonds. The van der Waals surface area contributed by atoms with Crippen molar-refractivity contribution < 1.29 is 0 Å². The third-order valence-corrected chi connectivity index (χ3v) is 3.21. The van der Waals surface area contributed by atoms with E-state index in [2.05, 4.69) is 25.7 Å². The molecule has 1 rings (SSSR count). The van der Waals surface area contributed by atoms with Gasteiger partial charge in [0.25, 0.3) is 0 Å². The minimum Gasteiger partial charge on any atom is -0.304 e. The standard InChI is InChI=1S/C11H23N/c1-4-12(5-2)9-11-7-6-10(3)8-11/h10-11H,4-9H2,1-3H3. The smallest absolute Gasteiger partial charge is 0.000953 e. The van der Waals surface area contributed by atoms with Crippen LogP contribution in [0.2, 0.25) is 0 Å². The maximum Gasteiger partial charge on any atom is 0.000953 e. The van der Waals surface area contributed by atoms with Crippen LogP contribution in [0.5, 0.6) is 0 Å². The van der Waals surface area contributed by atoms with Crippen LogP contribution in [0.25, 0.3) is 0 Å². The molecule has 0 aromatic rings. The fraction of sp³-hybridized carbons (Fsp3) is 1.00. The lowest BCUT2D eigenvalue weighted by atomic mass is 10.1. The monoisotopic (exact) mass is 169 g/mol. The largest absolute Gasteiger partial charge is 0.304 e. The average molecular weight is 169 g/mol. The Morgan fingerprint density at radius 1 is 1.17 bits per heavy atom. The van der Waals surface area contributed by atoms with Crippen molar-refractivity contribution >= 4 is 0 Å². The second-order valence-electron chi connectivity index (χ2n) is 4.27. The van der Waals surface area contributed by atoms with E-state index >= 15 is 0 Å². The topological polar surface area (TPSA) is 3.24 Å². The molecule has 0 radical (unpaired) electrons. The first-order valence-electron chi connectivity index (χ1n) is 5.48. The molecule has 0 aliphatic heterocycles. The Morgan fingerprint density at radius 3 is 2.25 bits per heavy atom. The van der Waals surface area contributed by atoms with Crippen LogP contribution in [0.15, 0.2) is 0 Å². The molecule has 72 valence electrons. The number of hydrogen-bond donors (Lipinski definition) is 0. The SMILES string of the molecule is CCN(CC)CC1CCC(C)C1. The third-order valence-electron chi connectivity index (χ3n) is 3.21. The maximum atomic E-state index is 2.56. The van der Waals surface area contributed by atoms with E-state index < -0.39 is 0 Å². The van der Waals surface area contributed by atoms with E-state index in [1.807, 2.05) is 0 Å². The molecule has 0 spiro atoms. The van der Waals surface area contributed by atoms with Crippen molar-refractivity contribution in [2.45, 2.75) is 40.0 Å².